The molecule has 0 spiro atoms. The molecule has 0 bridgehead atoms. The lowest BCUT2D eigenvalue weighted by Gasteiger charge is -2.05. The highest BCUT2D eigenvalue weighted by Crippen LogP contribution is 2.34. The van der Waals surface area contributed by atoms with Crippen LogP contribution in [-0.2, 0) is 16.3 Å². The van der Waals surface area contributed by atoms with Crippen LogP contribution in [-0.4, -0.2) is 13.5 Å². The highest BCUT2D eigenvalue weighted by molar-refractivity contribution is 7.91. The molecule has 0 unspecified atom stereocenters. The zero-order chi connectivity index (χ0) is 15.0. The highest BCUT2D eigenvalue weighted by Gasteiger charge is 2.27. The summed E-state index contributed by atoms with van der Waals surface area (Å²) in [6.45, 7) is 1.85. The topological polar surface area (TPSA) is 67.5 Å². The summed E-state index contributed by atoms with van der Waals surface area (Å²) in [5.74, 6) is 0.478. The van der Waals surface area contributed by atoms with E-state index in [4.69, 9.17) is 4.42 Å². The molecule has 21 heavy (non-hydrogen) atoms. The summed E-state index contributed by atoms with van der Waals surface area (Å²) >= 11 is 0. The molecule has 108 valence electrons. The fourth-order valence-corrected chi connectivity index (χ4v) is 4.02. The van der Waals surface area contributed by atoms with Crippen LogP contribution in [0.1, 0.15) is 12.7 Å². The fraction of sp³-hybridized carbons (Fsp3) is 0.125. The molecular weight excluding hydrogens is 288 g/mol. The molecule has 0 radical (unpaired) electrons. The molecule has 1 aromatic heterocycles. The Morgan fingerprint density at radius 1 is 1.05 bits per heavy atom. The first kappa shape index (κ1) is 13.7. The summed E-state index contributed by atoms with van der Waals surface area (Å²) < 4.78 is 31.4. The largest absolute Gasteiger partial charge is 0.508 e. The maximum atomic E-state index is 12.9. The number of hydrogen-bond donors (Lipinski definition) is 1. The average Bonchev–Trinajstić information content (AvgIpc) is 2.87. The fourth-order valence-electron chi connectivity index (χ4n) is 2.34. The Kier molecular flexibility index (Phi) is 3.22. The zero-order valence-corrected chi connectivity index (χ0v) is 12.2. The molecule has 1 heterocycles. The maximum absolute atomic E-state index is 12.9. The van der Waals surface area contributed by atoms with E-state index in [9.17, 15) is 13.5 Å². The third kappa shape index (κ3) is 2.19. The number of hydrogen-bond acceptors (Lipinski definition) is 4. The molecule has 0 aliphatic rings. The molecular formula is C16H14O4S. The molecule has 2 aromatic carbocycles. The highest BCUT2D eigenvalue weighted by atomic mass is 32.2. The number of sulfone groups is 1. The van der Waals surface area contributed by atoms with Crippen molar-refractivity contribution in [3.05, 3.63) is 54.3 Å². The standard InChI is InChI=1S/C16H14O4S/c1-2-14-16(13-5-3-4-6-15(13)20-14)21(18,19)12-9-7-11(17)8-10-12/h3-10,17H,2H2,1H3. The van der Waals surface area contributed by atoms with E-state index in [-0.39, 0.29) is 15.5 Å². The van der Waals surface area contributed by atoms with E-state index in [1.54, 1.807) is 18.2 Å². The van der Waals surface area contributed by atoms with Crippen molar-refractivity contribution in [1.82, 2.24) is 0 Å². The van der Waals surface area contributed by atoms with Gasteiger partial charge < -0.3 is 9.52 Å². The van der Waals surface area contributed by atoms with Gasteiger partial charge >= 0.3 is 0 Å². The van der Waals surface area contributed by atoms with E-state index in [0.29, 0.717) is 23.2 Å². The van der Waals surface area contributed by atoms with Gasteiger partial charge in [0.25, 0.3) is 0 Å². The predicted octanol–water partition coefficient (Wildman–Crippen LogP) is 3.53. The van der Waals surface area contributed by atoms with Gasteiger partial charge in [-0.2, -0.15) is 0 Å². The van der Waals surface area contributed by atoms with Gasteiger partial charge in [0.15, 0.2) is 0 Å². The number of aryl methyl sites for hydroxylation is 1. The smallest absolute Gasteiger partial charge is 0.210 e. The number of para-hydroxylation sites is 1. The number of phenolic OH excluding ortho intramolecular Hbond substituents is 1. The molecule has 0 fully saturated rings. The normalized spacial score (nSPS) is 11.9. The lowest BCUT2D eigenvalue weighted by molar-refractivity contribution is 0.475. The molecule has 0 aliphatic heterocycles. The van der Waals surface area contributed by atoms with E-state index in [1.165, 1.54) is 24.3 Å². The van der Waals surface area contributed by atoms with Crippen LogP contribution in [0.5, 0.6) is 5.75 Å². The molecule has 0 atom stereocenters. The van der Waals surface area contributed by atoms with Crippen LogP contribution in [0, 0.1) is 0 Å². The van der Waals surface area contributed by atoms with Gasteiger partial charge in [0.1, 0.15) is 22.0 Å². The quantitative estimate of drug-likeness (QED) is 0.803. The summed E-state index contributed by atoms with van der Waals surface area (Å²) in [5, 5.41) is 9.90. The molecule has 1 N–H and O–H groups in total. The van der Waals surface area contributed by atoms with Gasteiger partial charge in [-0.3, -0.25) is 0 Å². The summed E-state index contributed by atoms with van der Waals surface area (Å²) in [6, 6.07) is 12.6. The molecule has 3 aromatic rings. The Balaban J connectivity index is 2.30. The second-order valence-corrected chi connectivity index (χ2v) is 6.59. The first-order valence-electron chi connectivity index (χ1n) is 6.58. The van der Waals surface area contributed by atoms with Crippen molar-refractivity contribution >= 4 is 20.8 Å². The van der Waals surface area contributed by atoms with E-state index in [1.807, 2.05) is 13.0 Å². The van der Waals surface area contributed by atoms with Gasteiger partial charge in [-0.15, -0.1) is 0 Å². The van der Waals surface area contributed by atoms with Gasteiger partial charge in [-0.1, -0.05) is 19.1 Å². The second-order valence-electron chi connectivity index (χ2n) is 4.70. The number of rotatable bonds is 3. The number of aromatic hydroxyl groups is 1. The Bertz CT molecular complexity index is 890. The summed E-state index contributed by atoms with van der Waals surface area (Å²) in [5.41, 5.74) is 0.562. The van der Waals surface area contributed by atoms with Crippen molar-refractivity contribution in [1.29, 1.82) is 0 Å². The summed E-state index contributed by atoms with van der Waals surface area (Å²) in [4.78, 5) is 0.354. The van der Waals surface area contributed by atoms with E-state index >= 15 is 0 Å². The van der Waals surface area contributed by atoms with E-state index in [0.717, 1.165) is 0 Å². The van der Waals surface area contributed by atoms with Crippen LogP contribution >= 0.6 is 0 Å². The third-order valence-corrected chi connectivity index (χ3v) is 5.23. The van der Waals surface area contributed by atoms with Crippen molar-refractivity contribution in [3.63, 3.8) is 0 Å². The number of fused-ring (bicyclic) bond motifs is 1. The minimum atomic E-state index is -3.69. The Morgan fingerprint density at radius 3 is 2.38 bits per heavy atom. The van der Waals surface area contributed by atoms with Gasteiger partial charge in [-0.25, -0.2) is 8.42 Å². The van der Waals surface area contributed by atoms with Crippen LogP contribution in [0.2, 0.25) is 0 Å². The lowest BCUT2D eigenvalue weighted by atomic mass is 10.2. The van der Waals surface area contributed by atoms with Gasteiger partial charge in [0.05, 0.1) is 4.90 Å². The van der Waals surface area contributed by atoms with Crippen LogP contribution in [0.15, 0.2) is 62.7 Å². The number of benzene rings is 2. The second kappa shape index (κ2) is 4.93. The molecule has 0 amide bonds. The number of furan rings is 1. The zero-order valence-electron chi connectivity index (χ0n) is 11.4. The van der Waals surface area contributed by atoms with Crippen molar-refractivity contribution < 1.29 is 17.9 Å². The van der Waals surface area contributed by atoms with Gasteiger partial charge in [0, 0.05) is 11.8 Å². The summed E-state index contributed by atoms with van der Waals surface area (Å²) in [6.07, 6.45) is 0.487. The van der Waals surface area contributed by atoms with Crippen molar-refractivity contribution in [2.45, 2.75) is 23.1 Å². The molecule has 3 rings (SSSR count). The van der Waals surface area contributed by atoms with Crippen molar-refractivity contribution in [2.75, 3.05) is 0 Å². The van der Waals surface area contributed by atoms with Crippen LogP contribution in [0.4, 0.5) is 0 Å². The first-order valence-corrected chi connectivity index (χ1v) is 8.07. The maximum Gasteiger partial charge on any atom is 0.210 e. The lowest BCUT2D eigenvalue weighted by Crippen LogP contribution is -2.03. The Morgan fingerprint density at radius 2 is 1.71 bits per heavy atom. The minimum absolute atomic E-state index is 0.0294. The predicted molar refractivity (Wildman–Crippen MR) is 79.2 cm³/mol. The van der Waals surface area contributed by atoms with Crippen molar-refractivity contribution in [3.8, 4) is 5.75 Å². The van der Waals surface area contributed by atoms with Gasteiger partial charge in [-0.05, 0) is 36.4 Å². The Hall–Kier alpha value is -2.27. The van der Waals surface area contributed by atoms with Gasteiger partial charge in [0.2, 0.25) is 9.84 Å². The molecule has 4 nitrogen and oxygen atoms in total. The monoisotopic (exact) mass is 302 g/mol. The van der Waals surface area contributed by atoms with Crippen molar-refractivity contribution in [2.24, 2.45) is 0 Å². The average molecular weight is 302 g/mol. The van der Waals surface area contributed by atoms with Crippen LogP contribution in [0.3, 0.4) is 0 Å². The molecule has 0 aliphatic carbocycles. The number of phenols is 1. The third-order valence-electron chi connectivity index (χ3n) is 3.35. The van der Waals surface area contributed by atoms with E-state index in [2.05, 4.69) is 0 Å². The molecule has 0 saturated carbocycles. The van der Waals surface area contributed by atoms with Crippen LogP contribution in [0.25, 0.3) is 11.0 Å². The first-order chi connectivity index (χ1) is 10.0. The summed E-state index contributed by atoms with van der Waals surface area (Å²) in [7, 11) is -3.69. The molecule has 0 saturated heterocycles. The Labute approximate surface area is 122 Å². The van der Waals surface area contributed by atoms with Crippen LogP contribution < -0.4 is 0 Å². The molecule has 5 heteroatoms. The van der Waals surface area contributed by atoms with E-state index < -0.39 is 9.84 Å². The minimum Gasteiger partial charge on any atom is -0.508 e. The SMILES string of the molecule is CCc1oc2ccccc2c1S(=O)(=O)c1ccc(O)cc1.